The topological polar surface area (TPSA) is 52.6 Å². The Hall–Kier alpha value is -1.10. The van der Waals surface area contributed by atoms with Crippen molar-refractivity contribution in [2.75, 3.05) is 33.2 Å². The minimum absolute atomic E-state index is 0.0319. The Kier molecular flexibility index (Phi) is 4.20. The number of rotatable bonds is 2. The summed E-state index contributed by atoms with van der Waals surface area (Å²) in [5.74, 6) is 0.766. The minimum atomic E-state index is -0.570. The Morgan fingerprint density at radius 2 is 1.81 bits per heavy atom. The SMILES string of the molecule is CN1CCC(CN2CC(=O)NC3(CCCCC3)C2=O)CC1. The van der Waals surface area contributed by atoms with Crippen LogP contribution in [0.4, 0.5) is 0 Å². The van der Waals surface area contributed by atoms with Crippen LogP contribution in [-0.4, -0.2) is 60.4 Å². The maximum absolute atomic E-state index is 12.9. The number of nitrogens with one attached hydrogen (secondary N) is 1. The predicted octanol–water partition coefficient (Wildman–Crippen LogP) is 0.989. The van der Waals surface area contributed by atoms with Crippen molar-refractivity contribution in [1.29, 1.82) is 0 Å². The first-order valence-corrected chi connectivity index (χ1v) is 8.38. The number of hydrogen-bond donors (Lipinski definition) is 1. The standard InChI is InChI=1S/C16H27N3O2/c1-18-9-5-13(6-10-18)11-19-12-14(20)17-16(15(19)21)7-3-2-4-8-16/h13H,2-12H2,1H3,(H,17,20). The minimum Gasteiger partial charge on any atom is -0.340 e. The van der Waals surface area contributed by atoms with Crippen molar-refractivity contribution < 1.29 is 9.59 Å². The number of carbonyl (C=O) groups excluding carboxylic acids is 2. The molecule has 0 atom stereocenters. The van der Waals surface area contributed by atoms with E-state index in [-0.39, 0.29) is 18.4 Å². The molecule has 1 saturated carbocycles. The lowest BCUT2D eigenvalue weighted by Gasteiger charge is -2.45. The average Bonchev–Trinajstić information content (AvgIpc) is 2.48. The lowest BCUT2D eigenvalue weighted by atomic mass is 9.79. The van der Waals surface area contributed by atoms with Crippen LogP contribution in [0.1, 0.15) is 44.9 Å². The van der Waals surface area contributed by atoms with Crippen molar-refractivity contribution in [3.8, 4) is 0 Å². The normalized spacial score (nSPS) is 28.0. The van der Waals surface area contributed by atoms with E-state index >= 15 is 0 Å². The molecule has 2 amide bonds. The molecular formula is C16H27N3O2. The van der Waals surface area contributed by atoms with E-state index in [0.717, 1.165) is 58.2 Å². The first kappa shape index (κ1) is 14.8. The molecular weight excluding hydrogens is 266 g/mol. The van der Waals surface area contributed by atoms with E-state index in [2.05, 4.69) is 17.3 Å². The molecule has 2 aliphatic heterocycles. The number of piperazine rings is 1. The van der Waals surface area contributed by atoms with Gasteiger partial charge in [0.1, 0.15) is 5.54 Å². The molecule has 0 radical (unpaired) electrons. The zero-order valence-corrected chi connectivity index (χ0v) is 13.1. The second kappa shape index (κ2) is 5.95. The van der Waals surface area contributed by atoms with E-state index in [1.807, 2.05) is 4.90 Å². The van der Waals surface area contributed by atoms with Gasteiger partial charge in [0, 0.05) is 6.54 Å². The van der Waals surface area contributed by atoms with Gasteiger partial charge >= 0.3 is 0 Å². The summed E-state index contributed by atoms with van der Waals surface area (Å²) in [5.41, 5.74) is -0.570. The second-order valence-electron chi connectivity index (χ2n) is 7.12. The molecule has 3 aliphatic rings. The third kappa shape index (κ3) is 3.07. The highest BCUT2D eigenvalue weighted by molar-refractivity contribution is 5.98. The van der Waals surface area contributed by atoms with E-state index in [4.69, 9.17) is 0 Å². The van der Waals surface area contributed by atoms with Crippen LogP contribution >= 0.6 is 0 Å². The van der Waals surface area contributed by atoms with E-state index in [9.17, 15) is 9.59 Å². The van der Waals surface area contributed by atoms with E-state index in [1.165, 1.54) is 6.42 Å². The fourth-order valence-electron chi connectivity index (χ4n) is 4.11. The fourth-order valence-corrected chi connectivity index (χ4v) is 4.11. The third-order valence-electron chi connectivity index (χ3n) is 5.43. The van der Waals surface area contributed by atoms with Crippen LogP contribution < -0.4 is 5.32 Å². The van der Waals surface area contributed by atoms with Gasteiger partial charge in [-0.15, -0.1) is 0 Å². The number of amides is 2. The summed E-state index contributed by atoms with van der Waals surface area (Å²) in [7, 11) is 2.15. The van der Waals surface area contributed by atoms with Crippen LogP contribution in [0.25, 0.3) is 0 Å². The first-order valence-electron chi connectivity index (χ1n) is 8.38. The number of nitrogens with zero attached hydrogens (tertiary/aromatic N) is 2. The van der Waals surface area contributed by atoms with Gasteiger partial charge in [-0.3, -0.25) is 9.59 Å². The smallest absolute Gasteiger partial charge is 0.248 e. The van der Waals surface area contributed by atoms with Crippen LogP contribution in [-0.2, 0) is 9.59 Å². The van der Waals surface area contributed by atoms with Crippen LogP contribution in [0.15, 0.2) is 0 Å². The van der Waals surface area contributed by atoms with Crippen molar-refractivity contribution in [2.24, 2.45) is 5.92 Å². The molecule has 2 heterocycles. The van der Waals surface area contributed by atoms with E-state index in [0.29, 0.717) is 5.92 Å². The average molecular weight is 293 g/mol. The Labute approximate surface area is 127 Å². The maximum Gasteiger partial charge on any atom is 0.248 e. The van der Waals surface area contributed by atoms with Crippen molar-refractivity contribution in [2.45, 2.75) is 50.5 Å². The molecule has 0 unspecified atom stereocenters. The Balaban J connectivity index is 1.66. The van der Waals surface area contributed by atoms with Crippen LogP contribution in [0.5, 0.6) is 0 Å². The molecule has 1 spiro atoms. The van der Waals surface area contributed by atoms with Gasteiger partial charge in [0.15, 0.2) is 0 Å². The highest BCUT2D eigenvalue weighted by atomic mass is 16.2. The first-order chi connectivity index (χ1) is 10.1. The van der Waals surface area contributed by atoms with Crippen molar-refractivity contribution >= 4 is 11.8 Å². The molecule has 2 saturated heterocycles. The highest BCUT2D eigenvalue weighted by Crippen LogP contribution is 2.32. The quantitative estimate of drug-likeness (QED) is 0.826. The van der Waals surface area contributed by atoms with Crippen molar-refractivity contribution in [1.82, 2.24) is 15.1 Å². The predicted molar refractivity (Wildman–Crippen MR) is 80.8 cm³/mol. The Morgan fingerprint density at radius 3 is 2.48 bits per heavy atom. The lowest BCUT2D eigenvalue weighted by Crippen LogP contribution is -2.67. The summed E-state index contributed by atoms with van der Waals surface area (Å²) >= 11 is 0. The summed E-state index contributed by atoms with van der Waals surface area (Å²) in [6.07, 6.45) is 7.19. The number of carbonyl (C=O) groups is 2. The highest BCUT2D eigenvalue weighted by Gasteiger charge is 2.47. The summed E-state index contributed by atoms with van der Waals surface area (Å²) in [6.45, 7) is 3.23. The van der Waals surface area contributed by atoms with Gasteiger partial charge in [-0.25, -0.2) is 0 Å². The van der Waals surface area contributed by atoms with Gasteiger partial charge in [-0.1, -0.05) is 19.3 Å². The lowest BCUT2D eigenvalue weighted by molar-refractivity contribution is -0.152. The Bertz CT molecular complexity index is 410. The van der Waals surface area contributed by atoms with Crippen molar-refractivity contribution in [3.05, 3.63) is 0 Å². The summed E-state index contributed by atoms with van der Waals surface area (Å²) in [4.78, 5) is 29.1. The van der Waals surface area contributed by atoms with Gasteiger partial charge < -0.3 is 15.1 Å². The second-order valence-corrected chi connectivity index (χ2v) is 7.12. The molecule has 3 fully saturated rings. The zero-order chi connectivity index (χ0) is 14.9. The number of hydrogen-bond acceptors (Lipinski definition) is 3. The fraction of sp³-hybridized carbons (Fsp3) is 0.875. The summed E-state index contributed by atoms with van der Waals surface area (Å²) in [5, 5.41) is 3.02. The van der Waals surface area contributed by atoms with E-state index < -0.39 is 5.54 Å². The molecule has 3 rings (SSSR count). The molecule has 0 aromatic heterocycles. The largest absolute Gasteiger partial charge is 0.340 e. The van der Waals surface area contributed by atoms with Crippen LogP contribution in [0, 0.1) is 5.92 Å². The molecule has 5 nitrogen and oxygen atoms in total. The Morgan fingerprint density at radius 1 is 1.14 bits per heavy atom. The number of piperidine rings is 1. The third-order valence-corrected chi connectivity index (χ3v) is 5.43. The van der Waals surface area contributed by atoms with Gasteiger partial charge in [-0.05, 0) is 51.7 Å². The number of likely N-dealkylation sites (tertiary alicyclic amines) is 1. The summed E-state index contributed by atoms with van der Waals surface area (Å²) < 4.78 is 0. The molecule has 0 bridgehead atoms. The van der Waals surface area contributed by atoms with Crippen LogP contribution in [0.2, 0.25) is 0 Å². The monoisotopic (exact) mass is 293 g/mol. The van der Waals surface area contributed by atoms with E-state index in [1.54, 1.807) is 0 Å². The van der Waals surface area contributed by atoms with Crippen molar-refractivity contribution in [3.63, 3.8) is 0 Å². The van der Waals surface area contributed by atoms with Crippen LogP contribution in [0.3, 0.4) is 0 Å². The molecule has 1 N–H and O–H groups in total. The molecule has 118 valence electrons. The van der Waals surface area contributed by atoms with Gasteiger partial charge in [0.2, 0.25) is 11.8 Å². The van der Waals surface area contributed by atoms with Gasteiger partial charge in [0.05, 0.1) is 6.54 Å². The molecule has 5 heteroatoms. The summed E-state index contributed by atoms with van der Waals surface area (Å²) in [6, 6.07) is 0. The maximum atomic E-state index is 12.9. The molecule has 1 aliphatic carbocycles. The zero-order valence-electron chi connectivity index (χ0n) is 13.1. The van der Waals surface area contributed by atoms with Gasteiger partial charge in [-0.2, -0.15) is 0 Å². The molecule has 0 aromatic carbocycles. The molecule has 21 heavy (non-hydrogen) atoms. The van der Waals surface area contributed by atoms with Gasteiger partial charge in [0.25, 0.3) is 0 Å². The molecule has 0 aromatic rings.